The van der Waals surface area contributed by atoms with E-state index in [9.17, 15) is 0 Å². The zero-order chi connectivity index (χ0) is 14.1. The monoisotopic (exact) mass is 239 g/mol. The van der Waals surface area contributed by atoms with E-state index in [4.69, 9.17) is 5.73 Å². The number of rotatable bonds is 0. The second-order valence-corrected chi connectivity index (χ2v) is 8.80. The average Bonchev–Trinajstić information content (AvgIpc) is 2.13. The van der Waals surface area contributed by atoms with E-state index in [1.165, 1.54) is 0 Å². The summed E-state index contributed by atoms with van der Waals surface area (Å²) in [5, 5.41) is 0. The van der Waals surface area contributed by atoms with Crippen LogP contribution in [0.3, 0.4) is 0 Å². The first-order valence-electron chi connectivity index (χ1n) is 6.91. The van der Waals surface area contributed by atoms with Gasteiger partial charge in [0, 0.05) is 6.04 Å². The maximum atomic E-state index is 6.66. The van der Waals surface area contributed by atoms with Crippen LogP contribution in [0.2, 0.25) is 0 Å². The van der Waals surface area contributed by atoms with Crippen molar-refractivity contribution in [1.29, 1.82) is 0 Å². The molecule has 0 bridgehead atoms. The standard InChI is InChI=1S/C16H33N/c1-12(2)11(17)13(3,4)15(7,8)16(9,10)14(12,5)6/h11H,17H2,1-10H3. The Hall–Kier alpha value is -0.0400. The smallest absolute Gasteiger partial charge is 0.0152 e. The predicted octanol–water partition coefficient (Wildman–Crippen LogP) is 4.46. The third-order valence-corrected chi connectivity index (χ3v) is 7.90. The van der Waals surface area contributed by atoms with Gasteiger partial charge in [-0.05, 0) is 27.1 Å². The molecule has 2 N–H and O–H groups in total. The molecule has 1 aliphatic carbocycles. The third kappa shape index (κ3) is 1.35. The van der Waals surface area contributed by atoms with Crippen LogP contribution in [0.1, 0.15) is 69.2 Å². The van der Waals surface area contributed by atoms with Crippen molar-refractivity contribution in [2.75, 3.05) is 0 Å². The Morgan fingerprint density at radius 1 is 0.529 bits per heavy atom. The highest BCUT2D eigenvalue weighted by Gasteiger charge is 2.67. The molecule has 17 heavy (non-hydrogen) atoms. The maximum Gasteiger partial charge on any atom is 0.0152 e. The van der Waals surface area contributed by atoms with Crippen molar-refractivity contribution in [2.45, 2.75) is 75.3 Å². The summed E-state index contributed by atoms with van der Waals surface area (Å²) in [6.07, 6.45) is 0. The second-order valence-electron chi connectivity index (χ2n) is 8.80. The Kier molecular flexibility index (Phi) is 2.90. The first-order valence-corrected chi connectivity index (χ1v) is 6.91. The highest BCUT2D eigenvalue weighted by molar-refractivity contribution is 5.18. The molecular weight excluding hydrogens is 206 g/mol. The van der Waals surface area contributed by atoms with Gasteiger partial charge >= 0.3 is 0 Å². The zero-order valence-corrected chi connectivity index (χ0v) is 13.7. The van der Waals surface area contributed by atoms with E-state index in [0.717, 1.165) is 0 Å². The molecule has 1 aliphatic rings. The molecule has 0 aromatic heterocycles. The van der Waals surface area contributed by atoms with Crippen LogP contribution in [0, 0.1) is 27.1 Å². The van der Waals surface area contributed by atoms with E-state index in [1.54, 1.807) is 0 Å². The molecule has 0 unspecified atom stereocenters. The largest absolute Gasteiger partial charge is 0.327 e. The Morgan fingerprint density at radius 2 is 0.765 bits per heavy atom. The van der Waals surface area contributed by atoms with Crippen molar-refractivity contribution in [1.82, 2.24) is 0 Å². The van der Waals surface area contributed by atoms with Crippen LogP contribution in [0.15, 0.2) is 0 Å². The van der Waals surface area contributed by atoms with Gasteiger partial charge in [0.1, 0.15) is 0 Å². The summed E-state index contributed by atoms with van der Waals surface area (Å²) in [7, 11) is 0. The van der Waals surface area contributed by atoms with Crippen LogP contribution in [0.25, 0.3) is 0 Å². The number of hydrogen-bond acceptors (Lipinski definition) is 1. The molecule has 1 fully saturated rings. The fraction of sp³-hybridized carbons (Fsp3) is 1.00. The normalized spacial score (nSPS) is 33.4. The highest BCUT2D eigenvalue weighted by Crippen LogP contribution is 2.71. The van der Waals surface area contributed by atoms with Gasteiger partial charge in [0.25, 0.3) is 0 Å². The predicted molar refractivity (Wildman–Crippen MR) is 76.9 cm³/mol. The van der Waals surface area contributed by atoms with Gasteiger partial charge in [-0.2, -0.15) is 0 Å². The van der Waals surface area contributed by atoms with E-state index in [0.29, 0.717) is 0 Å². The fourth-order valence-electron chi connectivity index (χ4n) is 4.07. The minimum absolute atomic E-state index is 0.134. The molecule has 0 radical (unpaired) electrons. The van der Waals surface area contributed by atoms with Crippen molar-refractivity contribution >= 4 is 0 Å². The molecule has 102 valence electrons. The summed E-state index contributed by atoms with van der Waals surface area (Å²) in [6, 6.07) is 0.216. The Labute approximate surface area is 109 Å². The molecule has 0 spiro atoms. The first-order chi connectivity index (χ1) is 7.15. The number of hydrogen-bond donors (Lipinski definition) is 1. The topological polar surface area (TPSA) is 26.0 Å². The minimum atomic E-state index is 0.134. The van der Waals surface area contributed by atoms with Crippen molar-refractivity contribution < 1.29 is 0 Å². The van der Waals surface area contributed by atoms with E-state index in [2.05, 4.69) is 69.2 Å². The molecular formula is C16H33N. The molecule has 1 saturated carbocycles. The van der Waals surface area contributed by atoms with Gasteiger partial charge in [0.15, 0.2) is 0 Å². The van der Waals surface area contributed by atoms with Crippen molar-refractivity contribution in [3.8, 4) is 0 Å². The molecule has 0 heterocycles. The zero-order valence-electron chi connectivity index (χ0n) is 13.7. The molecule has 0 atom stereocenters. The molecule has 1 heteroatoms. The lowest BCUT2D eigenvalue weighted by atomic mass is 9.34. The van der Waals surface area contributed by atoms with Gasteiger partial charge < -0.3 is 5.73 Å². The molecule has 1 nitrogen and oxygen atoms in total. The first kappa shape index (κ1) is 15.0. The summed E-state index contributed by atoms with van der Waals surface area (Å²) in [6.45, 7) is 23.8. The Bertz CT molecular complexity index is 288. The van der Waals surface area contributed by atoms with E-state index < -0.39 is 0 Å². The van der Waals surface area contributed by atoms with Gasteiger partial charge in [0.05, 0.1) is 0 Å². The fourth-order valence-corrected chi connectivity index (χ4v) is 4.07. The van der Waals surface area contributed by atoms with Gasteiger partial charge in [-0.3, -0.25) is 0 Å². The summed E-state index contributed by atoms with van der Waals surface area (Å²) < 4.78 is 0. The van der Waals surface area contributed by atoms with E-state index in [-0.39, 0.29) is 33.1 Å². The van der Waals surface area contributed by atoms with E-state index in [1.807, 2.05) is 0 Å². The molecule has 0 saturated heterocycles. The van der Waals surface area contributed by atoms with Crippen LogP contribution >= 0.6 is 0 Å². The third-order valence-electron chi connectivity index (χ3n) is 7.90. The highest BCUT2D eigenvalue weighted by atomic mass is 14.8. The summed E-state index contributed by atoms with van der Waals surface area (Å²) in [4.78, 5) is 0. The van der Waals surface area contributed by atoms with Gasteiger partial charge in [-0.25, -0.2) is 0 Å². The molecule has 0 aromatic rings. The lowest BCUT2D eigenvalue weighted by molar-refractivity contribution is -0.220. The summed E-state index contributed by atoms with van der Waals surface area (Å²) >= 11 is 0. The van der Waals surface area contributed by atoms with Crippen LogP contribution in [-0.2, 0) is 0 Å². The number of nitrogens with two attached hydrogens (primary N) is 1. The quantitative estimate of drug-likeness (QED) is 0.663. The average molecular weight is 239 g/mol. The lowest BCUT2D eigenvalue weighted by Crippen LogP contribution is -2.71. The van der Waals surface area contributed by atoms with Crippen molar-refractivity contribution in [2.24, 2.45) is 32.8 Å². The van der Waals surface area contributed by atoms with E-state index >= 15 is 0 Å². The van der Waals surface area contributed by atoms with Crippen LogP contribution in [0.5, 0.6) is 0 Å². The van der Waals surface area contributed by atoms with Crippen LogP contribution in [-0.4, -0.2) is 6.04 Å². The summed E-state index contributed by atoms with van der Waals surface area (Å²) in [5.41, 5.74) is 7.58. The van der Waals surface area contributed by atoms with Gasteiger partial charge in [-0.15, -0.1) is 0 Å². The molecule has 0 amide bonds. The molecule has 0 aliphatic heterocycles. The Balaban J connectivity index is 3.56. The van der Waals surface area contributed by atoms with Crippen molar-refractivity contribution in [3.05, 3.63) is 0 Å². The lowest BCUT2D eigenvalue weighted by Gasteiger charge is -2.72. The SMILES string of the molecule is CC1(C)C(N)C(C)(C)C(C)(C)C(C)(C)C1(C)C. The minimum Gasteiger partial charge on any atom is -0.327 e. The van der Waals surface area contributed by atoms with Gasteiger partial charge in [0.2, 0.25) is 0 Å². The Morgan fingerprint density at radius 3 is 1.00 bits per heavy atom. The van der Waals surface area contributed by atoms with Crippen LogP contribution in [0.4, 0.5) is 0 Å². The van der Waals surface area contributed by atoms with Gasteiger partial charge in [-0.1, -0.05) is 69.2 Å². The summed E-state index contributed by atoms with van der Waals surface area (Å²) in [5.74, 6) is 0. The second kappa shape index (κ2) is 3.29. The van der Waals surface area contributed by atoms with Crippen molar-refractivity contribution in [3.63, 3.8) is 0 Å². The maximum absolute atomic E-state index is 6.66. The molecule has 0 aromatic carbocycles. The van der Waals surface area contributed by atoms with Crippen LogP contribution < -0.4 is 5.73 Å². The molecule has 1 rings (SSSR count).